The molecule has 1 aliphatic heterocycles. The zero-order valence-corrected chi connectivity index (χ0v) is 14.4. The van der Waals surface area contributed by atoms with Crippen molar-refractivity contribution in [1.82, 2.24) is 19.9 Å². The summed E-state index contributed by atoms with van der Waals surface area (Å²) in [5, 5.41) is 1.98. The number of rotatable bonds is 3. The summed E-state index contributed by atoms with van der Waals surface area (Å²) in [6, 6.07) is 3.93. The van der Waals surface area contributed by atoms with Gasteiger partial charge in [-0.1, -0.05) is 6.07 Å². The van der Waals surface area contributed by atoms with E-state index in [0.717, 1.165) is 40.6 Å². The number of nitrogens with one attached hydrogen (secondary N) is 1. The molecule has 0 radical (unpaired) electrons. The minimum Gasteiger partial charge on any atom is -0.446 e. The van der Waals surface area contributed by atoms with Crippen LogP contribution in [0, 0.1) is 13.8 Å². The van der Waals surface area contributed by atoms with Crippen molar-refractivity contribution in [2.75, 3.05) is 6.54 Å². The molecule has 0 aromatic carbocycles. The number of fused-ring (bicyclic) bond motifs is 1. The molecule has 0 amide bonds. The van der Waals surface area contributed by atoms with Crippen LogP contribution in [0.1, 0.15) is 28.6 Å². The van der Waals surface area contributed by atoms with E-state index >= 15 is 0 Å². The van der Waals surface area contributed by atoms with Crippen molar-refractivity contribution < 1.29 is 4.42 Å². The first kappa shape index (κ1) is 15.3. The molecule has 1 aliphatic rings. The van der Waals surface area contributed by atoms with Gasteiger partial charge in [0.25, 0.3) is 5.56 Å². The van der Waals surface area contributed by atoms with Crippen LogP contribution in [-0.2, 0) is 19.5 Å². The summed E-state index contributed by atoms with van der Waals surface area (Å²) in [6.45, 7) is 5.92. The molecule has 0 aliphatic carbocycles. The van der Waals surface area contributed by atoms with Crippen molar-refractivity contribution in [3.8, 4) is 10.7 Å². The Morgan fingerprint density at radius 2 is 2.25 bits per heavy atom. The van der Waals surface area contributed by atoms with Crippen LogP contribution in [0.25, 0.3) is 10.7 Å². The molecule has 4 heterocycles. The molecule has 0 saturated heterocycles. The van der Waals surface area contributed by atoms with Crippen LogP contribution >= 0.6 is 11.3 Å². The average Bonchev–Trinajstić information content (AvgIpc) is 3.18. The highest BCUT2D eigenvalue weighted by atomic mass is 32.1. The molecule has 7 heteroatoms. The maximum Gasteiger partial charge on any atom is 0.255 e. The van der Waals surface area contributed by atoms with E-state index in [-0.39, 0.29) is 5.56 Å². The fourth-order valence-electron chi connectivity index (χ4n) is 3.08. The first-order valence-electron chi connectivity index (χ1n) is 7.91. The van der Waals surface area contributed by atoms with Gasteiger partial charge in [-0.25, -0.2) is 9.97 Å². The number of nitrogens with zero attached hydrogens (tertiary/aromatic N) is 3. The molecule has 3 aromatic heterocycles. The summed E-state index contributed by atoms with van der Waals surface area (Å²) < 4.78 is 5.49. The quantitative estimate of drug-likeness (QED) is 0.792. The Morgan fingerprint density at radius 3 is 2.96 bits per heavy atom. The Balaban J connectivity index is 1.59. The summed E-state index contributed by atoms with van der Waals surface area (Å²) in [7, 11) is 0. The third-order valence-corrected chi connectivity index (χ3v) is 5.15. The van der Waals surface area contributed by atoms with Crippen LogP contribution in [0.4, 0.5) is 0 Å². The zero-order valence-electron chi connectivity index (χ0n) is 13.6. The summed E-state index contributed by atoms with van der Waals surface area (Å²) in [5.41, 5.74) is 2.57. The highest BCUT2D eigenvalue weighted by molar-refractivity contribution is 7.13. The van der Waals surface area contributed by atoms with Gasteiger partial charge in [0.1, 0.15) is 5.76 Å². The molecule has 0 saturated carbocycles. The number of hydrogen-bond acceptors (Lipinski definition) is 6. The van der Waals surface area contributed by atoms with Gasteiger partial charge in [-0.3, -0.25) is 9.69 Å². The predicted molar refractivity (Wildman–Crippen MR) is 92.0 cm³/mol. The molecule has 4 rings (SSSR count). The maximum atomic E-state index is 12.5. The molecule has 124 valence electrons. The maximum absolute atomic E-state index is 12.5. The third kappa shape index (κ3) is 2.81. The van der Waals surface area contributed by atoms with Crippen LogP contribution in [0.3, 0.4) is 0 Å². The van der Waals surface area contributed by atoms with E-state index in [9.17, 15) is 4.79 Å². The minimum absolute atomic E-state index is 0.0406. The molecule has 3 aromatic rings. The highest BCUT2D eigenvalue weighted by Crippen LogP contribution is 2.23. The van der Waals surface area contributed by atoms with Gasteiger partial charge < -0.3 is 9.40 Å². The molecular weight excluding hydrogens is 324 g/mol. The molecule has 6 nitrogen and oxygen atoms in total. The van der Waals surface area contributed by atoms with Crippen LogP contribution in [-0.4, -0.2) is 26.4 Å². The van der Waals surface area contributed by atoms with Crippen molar-refractivity contribution in [3.63, 3.8) is 0 Å². The van der Waals surface area contributed by atoms with Crippen molar-refractivity contribution in [1.29, 1.82) is 0 Å². The molecule has 0 unspecified atom stereocenters. The van der Waals surface area contributed by atoms with Gasteiger partial charge in [0.2, 0.25) is 0 Å². The predicted octanol–water partition coefficient (Wildman–Crippen LogP) is 2.66. The second-order valence-corrected chi connectivity index (χ2v) is 6.96. The van der Waals surface area contributed by atoms with Crippen molar-refractivity contribution in [2.24, 2.45) is 0 Å². The molecule has 0 bridgehead atoms. The number of aromatic nitrogens is 3. The summed E-state index contributed by atoms with van der Waals surface area (Å²) in [6.07, 6.45) is 0.771. The van der Waals surface area contributed by atoms with Gasteiger partial charge >= 0.3 is 0 Å². The monoisotopic (exact) mass is 342 g/mol. The molecule has 24 heavy (non-hydrogen) atoms. The number of thiophene rings is 1. The van der Waals surface area contributed by atoms with Gasteiger partial charge in [0.15, 0.2) is 11.7 Å². The van der Waals surface area contributed by atoms with Crippen molar-refractivity contribution >= 4 is 11.3 Å². The number of aromatic amines is 1. The third-order valence-electron chi connectivity index (χ3n) is 4.28. The van der Waals surface area contributed by atoms with Gasteiger partial charge in [-0.05, 0) is 18.4 Å². The number of hydrogen-bond donors (Lipinski definition) is 1. The molecule has 0 fully saturated rings. The van der Waals surface area contributed by atoms with Crippen LogP contribution in [0.5, 0.6) is 0 Å². The lowest BCUT2D eigenvalue weighted by molar-refractivity contribution is 0.238. The van der Waals surface area contributed by atoms with Crippen LogP contribution in [0.15, 0.2) is 26.7 Å². The summed E-state index contributed by atoms with van der Waals surface area (Å²) in [5.74, 6) is 2.20. The lowest BCUT2D eigenvalue weighted by Crippen LogP contribution is -2.35. The Kier molecular flexibility index (Phi) is 3.82. The van der Waals surface area contributed by atoms with E-state index in [0.29, 0.717) is 24.8 Å². The normalized spacial score (nSPS) is 14.8. The molecule has 1 N–H and O–H groups in total. The van der Waals surface area contributed by atoms with E-state index < -0.39 is 0 Å². The Morgan fingerprint density at radius 1 is 1.38 bits per heavy atom. The molecular formula is C17H18N4O2S. The summed E-state index contributed by atoms with van der Waals surface area (Å²) in [4.78, 5) is 27.7. The number of aryl methyl sites for hydroxylation is 2. The zero-order chi connectivity index (χ0) is 16.7. The van der Waals surface area contributed by atoms with Gasteiger partial charge in [0, 0.05) is 33.0 Å². The SMILES string of the molecule is Cc1nc(CN2CCc3nc(-c4cccs4)[nH]c(=O)c3C2)c(C)o1. The standard InChI is InChI=1S/C17H18N4O2S/c1-10-14(18-11(2)23-10)9-21-6-5-13-12(8-21)17(22)20-16(19-13)15-4-3-7-24-15/h3-4,7H,5-6,8-9H2,1-2H3,(H,19,20,22). The Bertz CT molecular complexity index is 927. The van der Waals surface area contributed by atoms with E-state index in [1.54, 1.807) is 11.3 Å². The smallest absolute Gasteiger partial charge is 0.255 e. The largest absolute Gasteiger partial charge is 0.446 e. The Hall–Kier alpha value is -2.25. The van der Waals surface area contributed by atoms with Gasteiger partial charge in [-0.15, -0.1) is 11.3 Å². The second kappa shape index (κ2) is 5.99. The first-order chi connectivity index (χ1) is 11.6. The van der Waals surface area contributed by atoms with Crippen molar-refractivity contribution in [3.05, 3.63) is 56.5 Å². The van der Waals surface area contributed by atoms with Gasteiger partial charge in [0.05, 0.1) is 21.8 Å². The fraction of sp³-hybridized carbons (Fsp3) is 0.353. The summed E-state index contributed by atoms with van der Waals surface area (Å²) >= 11 is 1.58. The van der Waals surface area contributed by atoms with Crippen LogP contribution in [0.2, 0.25) is 0 Å². The topological polar surface area (TPSA) is 75.0 Å². The van der Waals surface area contributed by atoms with Gasteiger partial charge in [-0.2, -0.15) is 0 Å². The van der Waals surface area contributed by atoms with E-state index in [2.05, 4.69) is 19.9 Å². The van der Waals surface area contributed by atoms with E-state index in [1.807, 2.05) is 31.4 Å². The second-order valence-electron chi connectivity index (χ2n) is 6.01. The number of H-pyrrole nitrogens is 1. The lowest BCUT2D eigenvalue weighted by atomic mass is 10.1. The lowest BCUT2D eigenvalue weighted by Gasteiger charge is -2.27. The molecule has 0 spiro atoms. The number of oxazole rings is 1. The van der Waals surface area contributed by atoms with E-state index in [4.69, 9.17) is 4.42 Å². The van der Waals surface area contributed by atoms with E-state index in [1.165, 1.54) is 0 Å². The average molecular weight is 342 g/mol. The minimum atomic E-state index is -0.0406. The Labute approximate surface area is 143 Å². The van der Waals surface area contributed by atoms with Crippen molar-refractivity contribution in [2.45, 2.75) is 33.4 Å². The first-order valence-corrected chi connectivity index (χ1v) is 8.79. The fourth-order valence-corrected chi connectivity index (χ4v) is 3.75. The highest BCUT2D eigenvalue weighted by Gasteiger charge is 2.23. The van der Waals surface area contributed by atoms with Crippen LogP contribution < -0.4 is 5.56 Å². The molecule has 0 atom stereocenters.